The van der Waals surface area contributed by atoms with Crippen LogP contribution in [0, 0.1) is 5.92 Å². The molecule has 2 bridgehead atoms. The molecule has 3 nitrogen and oxygen atoms in total. The van der Waals surface area contributed by atoms with E-state index < -0.39 is 0 Å². The molecule has 2 aromatic carbocycles. The van der Waals surface area contributed by atoms with E-state index in [-0.39, 0.29) is 5.92 Å². The van der Waals surface area contributed by atoms with E-state index in [1.54, 1.807) is 0 Å². The zero-order valence-corrected chi connectivity index (χ0v) is 14.4. The molecule has 0 aromatic heterocycles. The van der Waals surface area contributed by atoms with Crippen LogP contribution in [0.3, 0.4) is 0 Å². The highest BCUT2D eigenvalue weighted by atomic mass is 16.5. The molecule has 2 heterocycles. The van der Waals surface area contributed by atoms with E-state index in [1.165, 1.54) is 0 Å². The number of fused-ring (bicyclic) bond motifs is 2. The Bertz CT molecular complexity index is 713. The molecule has 0 aliphatic carbocycles. The maximum Gasteiger partial charge on any atom is 0.140 e. The summed E-state index contributed by atoms with van der Waals surface area (Å²) in [5, 5.41) is 0. The third kappa shape index (κ3) is 4.10. The van der Waals surface area contributed by atoms with Crippen molar-refractivity contribution in [1.82, 2.24) is 0 Å². The Kier molecular flexibility index (Phi) is 4.84. The van der Waals surface area contributed by atoms with Gasteiger partial charge < -0.3 is 9.47 Å². The minimum absolute atomic E-state index is 0.167. The van der Waals surface area contributed by atoms with Gasteiger partial charge in [-0.2, -0.15) is 0 Å². The predicted molar refractivity (Wildman–Crippen MR) is 96.5 cm³/mol. The summed E-state index contributed by atoms with van der Waals surface area (Å²) < 4.78 is 11.7. The Balaban J connectivity index is 1.35. The number of ketones is 1. The molecule has 2 aromatic rings. The number of carbonyl (C=O) groups is 1. The second kappa shape index (κ2) is 7.40. The smallest absolute Gasteiger partial charge is 0.140 e. The zero-order chi connectivity index (χ0) is 17.1. The highest BCUT2D eigenvalue weighted by Gasteiger charge is 2.37. The Morgan fingerprint density at radius 2 is 1.68 bits per heavy atom. The Hall–Kier alpha value is -2.13. The van der Waals surface area contributed by atoms with Crippen molar-refractivity contribution in [2.45, 2.75) is 50.9 Å². The average molecular weight is 336 g/mol. The van der Waals surface area contributed by atoms with Gasteiger partial charge in [0.25, 0.3) is 0 Å². The van der Waals surface area contributed by atoms with Crippen LogP contribution in [0.25, 0.3) is 0 Å². The Morgan fingerprint density at radius 3 is 2.44 bits per heavy atom. The fraction of sp³-hybridized carbons (Fsp3) is 0.409. The molecule has 2 fully saturated rings. The summed E-state index contributed by atoms with van der Waals surface area (Å²) in [6, 6.07) is 18.0. The second-order valence-corrected chi connectivity index (χ2v) is 7.19. The van der Waals surface area contributed by atoms with Crippen molar-refractivity contribution in [3.8, 4) is 5.75 Å². The van der Waals surface area contributed by atoms with Gasteiger partial charge in [-0.15, -0.1) is 0 Å². The first-order valence-corrected chi connectivity index (χ1v) is 9.20. The molecule has 0 N–H and O–H groups in total. The normalized spacial score (nSPS) is 24.9. The molecule has 2 saturated heterocycles. The lowest BCUT2D eigenvalue weighted by Crippen LogP contribution is -2.30. The van der Waals surface area contributed by atoms with Crippen molar-refractivity contribution in [2.24, 2.45) is 5.92 Å². The standard InChI is InChI=1S/C22H24O3/c23-22(18-13-20-9-10-21(14-18)25-20)12-17-7-4-8-19(11-17)24-15-16-5-2-1-3-6-16/h1-8,11,18,20-21H,9-10,12-15H2. The summed E-state index contributed by atoms with van der Waals surface area (Å²) in [6.45, 7) is 0.543. The maximum absolute atomic E-state index is 12.7. The molecule has 0 amide bonds. The topological polar surface area (TPSA) is 35.5 Å². The summed E-state index contributed by atoms with van der Waals surface area (Å²) in [7, 11) is 0. The number of ether oxygens (including phenoxy) is 2. The third-order valence-corrected chi connectivity index (χ3v) is 5.27. The summed E-state index contributed by atoms with van der Waals surface area (Å²) in [5.41, 5.74) is 2.18. The van der Waals surface area contributed by atoms with Crippen LogP contribution in [0.4, 0.5) is 0 Å². The number of carbonyl (C=O) groups excluding carboxylic acids is 1. The monoisotopic (exact) mass is 336 g/mol. The second-order valence-electron chi connectivity index (χ2n) is 7.19. The van der Waals surface area contributed by atoms with Crippen LogP contribution in [-0.4, -0.2) is 18.0 Å². The van der Waals surface area contributed by atoms with Gasteiger partial charge in [0.2, 0.25) is 0 Å². The Morgan fingerprint density at radius 1 is 0.960 bits per heavy atom. The SMILES string of the molecule is O=C(Cc1cccc(OCc2ccccc2)c1)C1CC2CCC(C1)O2. The maximum atomic E-state index is 12.7. The van der Waals surface area contributed by atoms with Crippen molar-refractivity contribution in [1.29, 1.82) is 0 Å². The van der Waals surface area contributed by atoms with Crippen LogP contribution < -0.4 is 4.74 Å². The molecular weight excluding hydrogens is 312 g/mol. The summed E-state index contributed by atoms with van der Waals surface area (Å²) in [5.74, 6) is 1.33. The lowest BCUT2D eigenvalue weighted by molar-refractivity contribution is -0.127. The summed E-state index contributed by atoms with van der Waals surface area (Å²) in [4.78, 5) is 12.7. The van der Waals surface area contributed by atoms with E-state index in [0.717, 1.165) is 42.6 Å². The van der Waals surface area contributed by atoms with Crippen molar-refractivity contribution in [3.05, 3.63) is 65.7 Å². The molecule has 3 heteroatoms. The predicted octanol–water partition coefficient (Wildman–Crippen LogP) is 4.33. The van der Waals surface area contributed by atoms with Gasteiger partial charge in [-0.25, -0.2) is 0 Å². The number of rotatable bonds is 6. The van der Waals surface area contributed by atoms with Crippen LogP contribution in [0.5, 0.6) is 5.75 Å². The first-order chi connectivity index (χ1) is 12.3. The highest BCUT2D eigenvalue weighted by Crippen LogP contribution is 2.36. The molecule has 2 aliphatic heterocycles. The summed E-state index contributed by atoms with van der Waals surface area (Å²) >= 11 is 0. The van der Waals surface area contributed by atoms with Crippen LogP contribution in [-0.2, 0) is 22.6 Å². The molecule has 2 unspecified atom stereocenters. The van der Waals surface area contributed by atoms with Gasteiger partial charge in [-0.05, 0) is 48.9 Å². The fourth-order valence-corrected chi connectivity index (χ4v) is 3.95. The van der Waals surface area contributed by atoms with E-state index in [2.05, 4.69) is 0 Å². The molecule has 0 saturated carbocycles. The van der Waals surface area contributed by atoms with Gasteiger partial charge >= 0.3 is 0 Å². The lowest BCUT2D eigenvalue weighted by Gasteiger charge is -2.27. The quantitative estimate of drug-likeness (QED) is 0.787. The number of hydrogen-bond acceptors (Lipinski definition) is 3. The van der Waals surface area contributed by atoms with Crippen molar-refractivity contribution in [3.63, 3.8) is 0 Å². The van der Waals surface area contributed by atoms with Crippen LogP contribution >= 0.6 is 0 Å². The average Bonchev–Trinajstić information content (AvgIpc) is 2.99. The van der Waals surface area contributed by atoms with Gasteiger partial charge in [-0.3, -0.25) is 4.79 Å². The zero-order valence-electron chi connectivity index (χ0n) is 14.4. The largest absolute Gasteiger partial charge is 0.489 e. The van der Waals surface area contributed by atoms with Crippen molar-refractivity contribution >= 4 is 5.78 Å². The molecule has 0 radical (unpaired) electrons. The molecule has 2 aliphatic rings. The highest BCUT2D eigenvalue weighted by molar-refractivity contribution is 5.83. The minimum atomic E-state index is 0.167. The fourth-order valence-electron chi connectivity index (χ4n) is 3.95. The van der Waals surface area contributed by atoms with Crippen LogP contribution in [0.15, 0.2) is 54.6 Å². The van der Waals surface area contributed by atoms with Gasteiger partial charge in [0.05, 0.1) is 12.2 Å². The molecule has 2 atom stereocenters. The van der Waals surface area contributed by atoms with E-state index in [1.807, 2.05) is 54.6 Å². The van der Waals surface area contributed by atoms with E-state index in [9.17, 15) is 4.79 Å². The molecule has 4 rings (SSSR count). The molecule has 25 heavy (non-hydrogen) atoms. The van der Waals surface area contributed by atoms with E-state index >= 15 is 0 Å². The first kappa shape index (κ1) is 16.3. The van der Waals surface area contributed by atoms with E-state index in [0.29, 0.717) is 31.0 Å². The van der Waals surface area contributed by atoms with Gasteiger partial charge in [0, 0.05) is 12.3 Å². The number of benzene rings is 2. The summed E-state index contributed by atoms with van der Waals surface area (Å²) in [6.07, 6.45) is 5.17. The molecule has 0 spiro atoms. The first-order valence-electron chi connectivity index (χ1n) is 9.20. The minimum Gasteiger partial charge on any atom is -0.489 e. The number of Topliss-reactive ketones (excluding diaryl/α,β-unsaturated/α-hetero) is 1. The van der Waals surface area contributed by atoms with Gasteiger partial charge in [0.1, 0.15) is 18.1 Å². The van der Waals surface area contributed by atoms with Gasteiger partial charge in [0.15, 0.2) is 0 Å². The van der Waals surface area contributed by atoms with Crippen molar-refractivity contribution < 1.29 is 14.3 Å². The van der Waals surface area contributed by atoms with Crippen LogP contribution in [0.2, 0.25) is 0 Å². The number of hydrogen-bond donors (Lipinski definition) is 0. The molecule has 130 valence electrons. The van der Waals surface area contributed by atoms with E-state index in [4.69, 9.17) is 9.47 Å². The lowest BCUT2D eigenvalue weighted by atomic mass is 9.88. The van der Waals surface area contributed by atoms with Crippen molar-refractivity contribution in [2.75, 3.05) is 0 Å². The van der Waals surface area contributed by atoms with Gasteiger partial charge in [-0.1, -0.05) is 42.5 Å². The third-order valence-electron chi connectivity index (χ3n) is 5.27. The molecular formula is C22H24O3. The van der Waals surface area contributed by atoms with Crippen LogP contribution in [0.1, 0.15) is 36.8 Å². The Labute approximate surface area is 149 Å².